The van der Waals surface area contributed by atoms with E-state index in [1.54, 1.807) is 0 Å². The van der Waals surface area contributed by atoms with Crippen molar-refractivity contribution < 1.29 is 4.74 Å². The van der Waals surface area contributed by atoms with Crippen LogP contribution in [0.1, 0.15) is 0 Å². The van der Waals surface area contributed by atoms with Gasteiger partial charge in [0.25, 0.3) is 0 Å². The van der Waals surface area contributed by atoms with Crippen LogP contribution in [0.2, 0.25) is 0 Å². The van der Waals surface area contributed by atoms with Crippen molar-refractivity contribution in [3.05, 3.63) is 48.5 Å². The third-order valence-electron chi connectivity index (χ3n) is 4.37. The number of hydrogen-bond donors (Lipinski definition) is 0. The zero-order valence-electron chi connectivity index (χ0n) is 15.2. The summed E-state index contributed by atoms with van der Waals surface area (Å²) in [4.78, 5) is 4.86. The van der Waals surface area contributed by atoms with Crippen LogP contribution in [0.5, 0.6) is 11.5 Å². The van der Waals surface area contributed by atoms with Crippen molar-refractivity contribution in [2.24, 2.45) is 0 Å². The zero-order chi connectivity index (χ0) is 18.3. The maximum absolute atomic E-state index is 6.05. The molecule has 2 aliphatic heterocycles. The van der Waals surface area contributed by atoms with E-state index < -0.39 is 0 Å². The Labute approximate surface area is 179 Å². The first-order chi connectivity index (χ1) is 13.4. The number of hydrogen-bond acceptors (Lipinski definition) is 7. The lowest BCUT2D eigenvalue weighted by Crippen LogP contribution is -2.20. The highest BCUT2D eigenvalue weighted by Crippen LogP contribution is 2.30. The predicted octanol–water partition coefficient (Wildman–Crippen LogP) is 5.88. The fraction of sp³-hybridized carbons (Fsp3) is 0.400. The van der Waals surface area contributed by atoms with Gasteiger partial charge in [-0.15, -0.1) is 47.0 Å². The molecular weight excluding hydrogens is 413 g/mol. The average Bonchev–Trinajstić information content (AvgIpc) is 3.15. The third-order valence-corrected chi connectivity index (χ3v) is 8.84. The first-order valence-electron chi connectivity index (χ1n) is 9.07. The van der Waals surface area contributed by atoms with Gasteiger partial charge in [0, 0.05) is 34.4 Å². The molecule has 0 aromatic heterocycles. The van der Waals surface area contributed by atoms with Crippen LogP contribution in [0, 0.1) is 0 Å². The van der Waals surface area contributed by atoms with E-state index in [0.29, 0.717) is 0 Å². The summed E-state index contributed by atoms with van der Waals surface area (Å²) in [6, 6.07) is 17.0. The van der Waals surface area contributed by atoms with Crippen LogP contribution in [0.4, 0.5) is 11.4 Å². The van der Waals surface area contributed by atoms with E-state index in [2.05, 4.69) is 58.3 Å². The first-order valence-corrected chi connectivity index (χ1v) is 13.7. The summed E-state index contributed by atoms with van der Waals surface area (Å²) < 4.78 is 6.05. The molecule has 7 heteroatoms. The van der Waals surface area contributed by atoms with Crippen LogP contribution in [0.3, 0.4) is 0 Å². The molecule has 0 atom stereocenters. The van der Waals surface area contributed by atoms with Gasteiger partial charge in [0.05, 0.1) is 23.5 Å². The second kappa shape index (κ2) is 10.1. The molecule has 2 aromatic rings. The summed E-state index contributed by atoms with van der Waals surface area (Å²) in [6.45, 7) is 0. The van der Waals surface area contributed by atoms with Crippen molar-refractivity contribution >= 4 is 58.4 Å². The largest absolute Gasteiger partial charge is 0.457 e. The van der Waals surface area contributed by atoms with Gasteiger partial charge in [-0.25, -0.2) is 0 Å². The smallest absolute Gasteiger partial charge is 0.127 e. The minimum absolute atomic E-state index is 0.891. The zero-order valence-corrected chi connectivity index (χ0v) is 18.5. The highest BCUT2D eigenvalue weighted by atomic mass is 32.2. The molecule has 0 N–H and O–H groups in total. The van der Waals surface area contributed by atoms with E-state index in [1.807, 2.05) is 47.0 Å². The maximum Gasteiger partial charge on any atom is 0.127 e. The third kappa shape index (κ3) is 5.62. The molecule has 2 aliphatic rings. The highest BCUT2D eigenvalue weighted by molar-refractivity contribution is 8.04. The Balaban J connectivity index is 1.37. The Hall–Kier alpha value is -0.760. The minimum atomic E-state index is 0.891. The van der Waals surface area contributed by atoms with Crippen LogP contribution in [0.15, 0.2) is 48.5 Å². The summed E-state index contributed by atoms with van der Waals surface area (Å²) in [6.07, 6.45) is 0. The number of thioether (sulfide) groups is 4. The second-order valence-corrected chi connectivity index (χ2v) is 10.6. The first kappa shape index (κ1) is 19.6. The number of anilines is 2. The van der Waals surface area contributed by atoms with Crippen molar-refractivity contribution in [3.63, 3.8) is 0 Å². The number of nitrogens with zero attached hydrogens (tertiary/aromatic N) is 2. The second-order valence-electron chi connectivity index (χ2n) is 6.32. The van der Waals surface area contributed by atoms with Crippen LogP contribution in [0.25, 0.3) is 0 Å². The predicted molar refractivity (Wildman–Crippen MR) is 127 cm³/mol. The molecule has 0 radical (unpaired) electrons. The van der Waals surface area contributed by atoms with Crippen molar-refractivity contribution in [2.45, 2.75) is 0 Å². The van der Waals surface area contributed by atoms with Gasteiger partial charge in [-0.05, 0) is 48.5 Å². The number of ether oxygens (including phenoxy) is 1. The van der Waals surface area contributed by atoms with Gasteiger partial charge in [0.15, 0.2) is 0 Å². The molecule has 2 heterocycles. The van der Waals surface area contributed by atoms with Crippen molar-refractivity contribution in [1.82, 2.24) is 0 Å². The minimum Gasteiger partial charge on any atom is -0.457 e. The highest BCUT2D eigenvalue weighted by Gasteiger charge is 2.12. The lowest BCUT2D eigenvalue weighted by Gasteiger charge is -2.22. The van der Waals surface area contributed by atoms with Crippen LogP contribution < -0.4 is 14.5 Å². The average molecular weight is 437 g/mol. The lowest BCUT2D eigenvalue weighted by atomic mass is 10.2. The van der Waals surface area contributed by atoms with Gasteiger partial charge in [0.2, 0.25) is 0 Å². The molecule has 3 nitrogen and oxygen atoms in total. The van der Waals surface area contributed by atoms with E-state index in [0.717, 1.165) is 35.0 Å². The van der Waals surface area contributed by atoms with E-state index in [-0.39, 0.29) is 0 Å². The molecular formula is C20H24N2OS4. The SMILES string of the molecule is c1cc(N2CSCCSC2)ccc1Oc1ccc(N2CSCCSC2)cc1. The molecule has 0 unspecified atom stereocenters. The van der Waals surface area contributed by atoms with Crippen molar-refractivity contribution in [1.29, 1.82) is 0 Å². The van der Waals surface area contributed by atoms with E-state index in [4.69, 9.17) is 4.74 Å². The summed E-state index contributed by atoms with van der Waals surface area (Å²) in [5.74, 6) is 11.0. The van der Waals surface area contributed by atoms with E-state index in [9.17, 15) is 0 Å². The fourth-order valence-corrected chi connectivity index (χ4v) is 7.37. The molecule has 2 fully saturated rings. The molecule has 0 bridgehead atoms. The Bertz CT molecular complexity index is 633. The molecule has 0 aliphatic carbocycles. The number of rotatable bonds is 4. The quantitative estimate of drug-likeness (QED) is 0.587. The van der Waals surface area contributed by atoms with Gasteiger partial charge in [-0.3, -0.25) is 0 Å². The summed E-state index contributed by atoms with van der Waals surface area (Å²) >= 11 is 8.03. The molecule has 0 amide bonds. The van der Waals surface area contributed by atoms with E-state index >= 15 is 0 Å². The van der Waals surface area contributed by atoms with Crippen molar-refractivity contribution in [2.75, 3.05) is 56.3 Å². The monoisotopic (exact) mass is 436 g/mol. The Morgan fingerprint density at radius 3 is 1.19 bits per heavy atom. The van der Waals surface area contributed by atoms with Gasteiger partial charge in [-0.2, -0.15) is 0 Å². The topological polar surface area (TPSA) is 15.7 Å². The van der Waals surface area contributed by atoms with Gasteiger partial charge in [-0.1, -0.05) is 0 Å². The Morgan fingerprint density at radius 2 is 0.852 bits per heavy atom. The summed E-state index contributed by atoms with van der Waals surface area (Å²) in [5.41, 5.74) is 2.55. The van der Waals surface area contributed by atoms with Crippen molar-refractivity contribution in [3.8, 4) is 11.5 Å². The molecule has 2 saturated heterocycles. The van der Waals surface area contributed by atoms with Crippen LogP contribution >= 0.6 is 47.0 Å². The van der Waals surface area contributed by atoms with Crippen LogP contribution in [-0.2, 0) is 0 Å². The lowest BCUT2D eigenvalue weighted by molar-refractivity contribution is 0.482. The Morgan fingerprint density at radius 1 is 0.519 bits per heavy atom. The van der Waals surface area contributed by atoms with E-state index in [1.165, 1.54) is 34.4 Å². The van der Waals surface area contributed by atoms with Crippen LogP contribution in [-0.4, -0.2) is 46.5 Å². The molecule has 0 saturated carbocycles. The fourth-order valence-electron chi connectivity index (χ4n) is 2.89. The van der Waals surface area contributed by atoms with Gasteiger partial charge in [0.1, 0.15) is 11.5 Å². The maximum atomic E-state index is 6.05. The normalized spacial score (nSPS) is 18.7. The Kier molecular flexibility index (Phi) is 7.34. The number of benzene rings is 2. The summed E-state index contributed by atoms with van der Waals surface area (Å²) in [5, 5.41) is 0. The molecule has 0 spiro atoms. The molecule has 144 valence electrons. The molecule has 4 rings (SSSR count). The standard InChI is InChI=1S/C20H24N2OS4/c1-5-19(6-2-17(1)21-13-24-9-10-25-14-21)23-20-7-3-18(4-8-20)22-15-26-11-12-27-16-22/h1-8H,9-16H2. The van der Waals surface area contributed by atoms with Gasteiger partial charge >= 0.3 is 0 Å². The molecule has 2 aromatic carbocycles. The van der Waals surface area contributed by atoms with Gasteiger partial charge < -0.3 is 14.5 Å². The molecule has 27 heavy (non-hydrogen) atoms. The summed E-state index contributed by atoms with van der Waals surface area (Å²) in [7, 11) is 0.